The first-order valence-electron chi connectivity index (χ1n) is 11.1. The third-order valence-corrected chi connectivity index (χ3v) is 6.48. The van der Waals surface area contributed by atoms with Crippen LogP contribution in [-0.2, 0) is 9.59 Å². The Balaban J connectivity index is 1.44. The monoisotopic (exact) mass is 423 g/mol. The zero-order chi connectivity index (χ0) is 21.9. The van der Waals surface area contributed by atoms with Crippen LogP contribution in [0.2, 0.25) is 0 Å². The fraction of sp³-hybridized carbons (Fsp3) is 0.214. The van der Waals surface area contributed by atoms with Gasteiger partial charge in [0, 0.05) is 11.8 Å². The van der Waals surface area contributed by atoms with Crippen LogP contribution in [0.4, 0.5) is 0 Å². The fourth-order valence-electron chi connectivity index (χ4n) is 4.99. The van der Waals surface area contributed by atoms with E-state index in [-0.39, 0.29) is 36.8 Å². The molecule has 0 radical (unpaired) electrons. The normalized spacial score (nSPS) is 24.4. The molecule has 0 aromatic heterocycles. The minimum Gasteiger partial charge on any atom is -0.492 e. The highest BCUT2D eigenvalue weighted by Gasteiger charge is 2.54. The summed E-state index contributed by atoms with van der Waals surface area (Å²) < 4.78 is 5.78. The number of imide groups is 1. The zero-order valence-electron chi connectivity index (χ0n) is 17.7. The average molecular weight is 424 g/mol. The van der Waals surface area contributed by atoms with Crippen LogP contribution in [0, 0.1) is 11.8 Å². The molecular formula is C28H25NO3. The molecule has 0 spiro atoms. The van der Waals surface area contributed by atoms with E-state index in [1.54, 1.807) is 0 Å². The summed E-state index contributed by atoms with van der Waals surface area (Å²) in [6.07, 6.45) is 4.23. The summed E-state index contributed by atoms with van der Waals surface area (Å²) in [5.74, 6) is -0.509. The van der Waals surface area contributed by atoms with E-state index in [0.717, 1.165) is 16.9 Å². The predicted octanol–water partition coefficient (Wildman–Crippen LogP) is 4.80. The van der Waals surface area contributed by atoms with Gasteiger partial charge < -0.3 is 4.74 Å². The Morgan fingerprint density at radius 2 is 1.06 bits per heavy atom. The number of rotatable bonds is 6. The van der Waals surface area contributed by atoms with E-state index >= 15 is 0 Å². The number of allylic oxidation sites excluding steroid dienone is 2. The van der Waals surface area contributed by atoms with Gasteiger partial charge in [-0.15, -0.1) is 0 Å². The van der Waals surface area contributed by atoms with Gasteiger partial charge in [0.15, 0.2) is 0 Å². The van der Waals surface area contributed by atoms with Gasteiger partial charge in [-0.2, -0.15) is 0 Å². The third-order valence-electron chi connectivity index (χ3n) is 6.48. The van der Waals surface area contributed by atoms with Crippen molar-refractivity contribution in [2.45, 2.75) is 11.8 Å². The van der Waals surface area contributed by atoms with Crippen molar-refractivity contribution in [1.82, 2.24) is 4.90 Å². The SMILES string of the molecule is O=C1[C@H]2[C@H](C(=O)N1CCOc1ccccc1)[C@@H](c1ccccc1)C=C[C@@H]2c1ccccc1. The number of nitrogens with zero attached hydrogens (tertiary/aromatic N) is 1. The number of benzene rings is 3. The summed E-state index contributed by atoms with van der Waals surface area (Å²) in [6.45, 7) is 0.531. The molecule has 1 saturated heterocycles. The summed E-state index contributed by atoms with van der Waals surface area (Å²) in [6, 6.07) is 29.5. The Kier molecular flexibility index (Phi) is 5.59. The summed E-state index contributed by atoms with van der Waals surface area (Å²) in [5.41, 5.74) is 2.13. The van der Waals surface area contributed by atoms with Crippen LogP contribution in [0.25, 0.3) is 0 Å². The maximum absolute atomic E-state index is 13.6. The number of carbonyl (C=O) groups is 2. The van der Waals surface area contributed by atoms with Crippen LogP contribution in [0.15, 0.2) is 103 Å². The lowest BCUT2D eigenvalue weighted by molar-refractivity contribution is -0.140. The number of amides is 2. The van der Waals surface area contributed by atoms with Gasteiger partial charge in [0.25, 0.3) is 0 Å². The molecule has 0 unspecified atom stereocenters. The van der Waals surface area contributed by atoms with Gasteiger partial charge in [0.2, 0.25) is 11.8 Å². The van der Waals surface area contributed by atoms with E-state index in [0.29, 0.717) is 0 Å². The molecule has 2 amide bonds. The topological polar surface area (TPSA) is 46.6 Å². The van der Waals surface area contributed by atoms with Gasteiger partial charge in [-0.05, 0) is 23.3 Å². The lowest BCUT2D eigenvalue weighted by Crippen LogP contribution is -2.35. The molecular weight excluding hydrogens is 398 g/mol. The molecule has 0 bridgehead atoms. The Morgan fingerprint density at radius 1 is 0.625 bits per heavy atom. The van der Waals surface area contributed by atoms with Gasteiger partial charge in [-0.25, -0.2) is 0 Å². The number of para-hydroxylation sites is 1. The molecule has 2 aliphatic rings. The minimum absolute atomic E-state index is 0.101. The molecule has 4 nitrogen and oxygen atoms in total. The first kappa shape index (κ1) is 20.3. The number of fused-ring (bicyclic) bond motifs is 1. The minimum atomic E-state index is -0.406. The van der Waals surface area contributed by atoms with Gasteiger partial charge in [-0.1, -0.05) is 91.0 Å². The van der Waals surface area contributed by atoms with Gasteiger partial charge in [0.1, 0.15) is 12.4 Å². The second kappa shape index (κ2) is 8.83. The van der Waals surface area contributed by atoms with Crippen molar-refractivity contribution >= 4 is 11.8 Å². The molecule has 4 heteroatoms. The predicted molar refractivity (Wildman–Crippen MR) is 123 cm³/mol. The highest BCUT2D eigenvalue weighted by molar-refractivity contribution is 6.06. The van der Waals surface area contributed by atoms with E-state index in [2.05, 4.69) is 12.2 Å². The van der Waals surface area contributed by atoms with Crippen LogP contribution >= 0.6 is 0 Å². The molecule has 3 aromatic rings. The van der Waals surface area contributed by atoms with Crippen LogP contribution in [0.3, 0.4) is 0 Å². The lowest BCUT2D eigenvalue weighted by atomic mass is 9.68. The number of likely N-dealkylation sites (tertiary alicyclic amines) is 1. The number of ether oxygens (including phenoxy) is 1. The molecule has 1 heterocycles. The molecule has 1 aliphatic heterocycles. The van der Waals surface area contributed by atoms with Crippen molar-refractivity contribution in [3.8, 4) is 5.75 Å². The summed E-state index contributed by atoms with van der Waals surface area (Å²) in [5, 5.41) is 0. The Bertz CT molecular complexity index is 1040. The third kappa shape index (κ3) is 3.73. The summed E-state index contributed by atoms with van der Waals surface area (Å²) >= 11 is 0. The molecule has 4 atom stereocenters. The quantitative estimate of drug-likeness (QED) is 0.422. The van der Waals surface area contributed by atoms with Crippen molar-refractivity contribution in [3.63, 3.8) is 0 Å². The first-order valence-corrected chi connectivity index (χ1v) is 11.1. The first-order chi connectivity index (χ1) is 15.7. The molecule has 1 aliphatic carbocycles. The zero-order valence-corrected chi connectivity index (χ0v) is 17.7. The van der Waals surface area contributed by atoms with E-state index in [1.165, 1.54) is 4.90 Å². The van der Waals surface area contributed by atoms with E-state index in [9.17, 15) is 9.59 Å². The van der Waals surface area contributed by atoms with E-state index < -0.39 is 11.8 Å². The Hall–Kier alpha value is -3.66. The molecule has 160 valence electrons. The van der Waals surface area contributed by atoms with E-state index in [1.807, 2.05) is 91.0 Å². The van der Waals surface area contributed by atoms with Crippen LogP contribution in [0.5, 0.6) is 5.75 Å². The highest BCUT2D eigenvalue weighted by atomic mass is 16.5. The van der Waals surface area contributed by atoms with Gasteiger partial charge >= 0.3 is 0 Å². The van der Waals surface area contributed by atoms with Gasteiger partial charge in [-0.3, -0.25) is 14.5 Å². The standard InChI is InChI=1S/C28H25NO3/c30-27-25-23(20-10-4-1-5-11-20)16-17-24(21-12-6-2-7-13-21)26(25)28(31)29(27)18-19-32-22-14-8-3-9-15-22/h1-17,23-26H,18-19H2/t23-,24-,25-,26-/m1/s1. The summed E-state index contributed by atoms with van der Waals surface area (Å²) in [4.78, 5) is 28.6. The van der Waals surface area contributed by atoms with E-state index in [4.69, 9.17) is 4.74 Å². The van der Waals surface area contributed by atoms with Gasteiger partial charge in [0.05, 0.1) is 18.4 Å². The Labute approximate surface area is 188 Å². The average Bonchev–Trinajstić information content (AvgIpc) is 3.11. The molecule has 5 rings (SSSR count). The summed E-state index contributed by atoms with van der Waals surface area (Å²) in [7, 11) is 0. The number of hydrogen-bond acceptors (Lipinski definition) is 3. The molecule has 0 N–H and O–H groups in total. The molecule has 0 saturated carbocycles. The van der Waals surface area contributed by atoms with Crippen molar-refractivity contribution in [1.29, 1.82) is 0 Å². The van der Waals surface area contributed by atoms with Crippen molar-refractivity contribution in [2.75, 3.05) is 13.2 Å². The molecule has 32 heavy (non-hydrogen) atoms. The number of carbonyl (C=O) groups excluding carboxylic acids is 2. The second-order valence-corrected chi connectivity index (χ2v) is 8.30. The van der Waals surface area contributed by atoms with Crippen molar-refractivity contribution in [3.05, 3.63) is 114 Å². The van der Waals surface area contributed by atoms with Crippen LogP contribution in [0.1, 0.15) is 23.0 Å². The lowest BCUT2D eigenvalue weighted by Gasteiger charge is -2.32. The van der Waals surface area contributed by atoms with Crippen LogP contribution < -0.4 is 4.74 Å². The second-order valence-electron chi connectivity index (χ2n) is 8.30. The van der Waals surface area contributed by atoms with Crippen molar-refractivity contribution in [2.24, 2.45) is 11.8 Å². The smallest absolute Gasteiger partial charge is 0.234 e. The Morgan fingerprint density at radius 3 is 1.53 bits per heavy atom. The maximum Gasteiger partial charge on any atom is 0.234 e. The highest BCUT2D eigenvalue weighted by Crippen LogP contribution is 2.49. The van der Waals surface area contributed by atoms with Crippen LogP contribution in [-0.4, -0.2) is 29.9 Å². The number of hydrogen-bond donors (Lipinski definition) is 0. The van der Waals surface area contributed by atoms with Crippen molar-refractivity contribution < 1.29 is 14.3 Å². The molecule has 1 fully saturated rings. The fourth-order valence-corrected chi connectivity index (χ4v) is 4.99. The largest absolute Gasteiger partial charge is 0.492 e. The maximum atomic E-state index is 13.6. The molecule has 3 aromatic carbocycles.